The molecule has 0 saturated heterocycles. The van der Waals surface area contributed by atoms with Crippen molar-refractivity contribution in [1.29, 1.82) is 0 Å². The van der Waals surface area contributed by atoms with Gasteiger partial charge in [0.1, 0.15) is 6.54 Å². The van der Waals surface area contributed by atoms with Gasteiger partial charge in [-0.15, -0.1) is 0 Å². The van der Waals surface area contributed by atoms with E-state index in [0.29, 0.717) is 0 Å². The summed E-state index contributed by atoms with van der Waals surface area (Å²) in [7, 11) is 0. The number of rotatable bonds is 7. The van der Waals surface area contributed by atoms with Crippen LogP contribution in [0.4, 0.5) is 0 Å². The first-order valence-corrected chi connectivity index (χ1v) is 10.9. The van der Waals surface area contributed by atoms with Crippen LogP contribution in [0.15, 0.2) is 73.3 Å². The van der Waals surface area contributed by atoms with Gasteiger partial charge in [0.2, 0.25) is 5.69 Å². The van der Waals surface area contributed by atoms with Gasteiger partial charge in [0, 0.05) is 42.8 Å². The highest BCUT2D eigenvalue weighted by Crippen LogP contribution is 2.28. The highest BCUT2D eigenvalue weighted by atomic mass is 14.9. The van der Waals surface area contributed by atoms with Gasteiger partial charge < -0.3 is 0 Å². The molecule has 2 nitrogen and oxygen atoms in total. The van der Waals surface area contributed by atoms with Gasteiger partial charge >= 0.3 is 0 Å². The molecule has 144 valence electrons. The van der Waals surface area contributed by atoms with Gasteiger partial charge in [0.05, 0.1) is 0 Å². The fraction of sp³-hybridized carbons (Fsp3) is 0.385. The van der Waals surface area contributed by atoms with Crippen molar-refractivity contribution in [3.63, 3.8) is 0 Å². The number of nitrogens with zero attached hydrogens (tertiary/aromatic N) is 2. The van der Waals surface area contributed by atoms with Gasteiger partial charge in [-0.05, 0) is 30.4 Å². The highest BCUT2D eigenvalue weighted by molar-refractivity contribution is 5.61. The SMILES string of the molecule is Cc1ccc(-[n+]2ccc(-c3cc[n+](CCCCC4CCCC4)cc3)cc2)cc1. The minimum Gasteiger partial charge on any atom is -0.205 e. The summed E-state index contributed by atoms with van der Waals surface area (Å²) in [5.41, 5.74) is 5.02. The standard InChI is InChI=1S/C26H32N2/c1-22-9-11-26(12-10-22)28-20-15-25(16-21-28)24-13-18-27(19-14-24)17-5-4-8-23-6-2-3-7-23/h9-16,18-21,23H,2-8,17H2,1H3/q+2. The second kappa shape index (κ2) is 9.14. The van der Waals surface area contributed by atoms with Crippen molar-refractivity contribution < 1.29 is 9.13 Å². The van der Waals surface area contributed by atoms with Crippen LogP contribution in [0.5, 0.6) is 0 Å². The molecular weight excluding hydrogens is 340 g/mol. The lowest BCUT2D eigenvalue weighted by atomic mass is 10.0. The van der Waals surface area contributed by atoms with Crippen molar-refractivity contribution >= 4 is 0 Å². The average molecular weight is 373 g/mol. The van der Waals surface area contributed by atoms with E-state index in [9.17, 15) is 0 Å². The maximum Gasteiger partial charge on any atom is 0.210 e. The molecule has 0 amide bonds. The lowest BCUT2D eigenvalue weighted by molar-refractivity contribution is -0.697. The molecule has 1 fully saturated rings. The number of hydrogen-bond acceptors (Lipinski definition) is 0. The molecule has 1 aromatic carbocycles. The molecule has 0 spiro atoms. The molecule has 0 atom stereocenters. The predicted octanol–water partition coefficient (Wildman–Crippen LogP) is 5.59. The third-order valence-corrected chi connectivity index (χ3v) is 6.14. The first kappa shape index (κ1) is 18.9. The van der Waals surface area contributed by atoms with Crippen molar-refractivity contribution in [1.82, 2.24) is 0 Å². The normalized spacial score (nSPS) is 14.5. The summed E-state index contributed by atoms with van der Waals surface area (Å²) >= 11 is 0. The fourth-order valence-electron chi connectivity index (χ4n) is 4.33. The highest BCUT2D eigenvalue weighted by Gasteiger charge is 2.14. The number of benzene rings is 1. The van der Waals surface area contributed by atoms with Gasteiger partial charge in [-0.3, -0.25) is 0 Å². The molecule has 0 radical (unpaired) electrons. The van der Waals surface area contributed by atoms with Crippen LogP contribution in [0.3, 0.4) is 0 Å². The van der Waals surface area contributed by atoms with Gasteiger partial charge in [-0.1, -0.05) is 49.8 Å². The molecule has 28 heavy (non-hydrogen) atoms. The molecule has 0 unspecified atom stereocenters. The van der Waals surface area contributed by atoms with E-state index in [1.165, 1.54) is 67.3 Å². The van der Waals surface area contributed by atoms with Crippen LogP contribution < -0.4 is 9.13 Å². The summed E-state index contributed by atoms with van der Waals surface area (Å²) < 4.78 is 4.49. The number of hydrogen-bond donors (Lipinski definition) is 0. The summed E-state index contributed by atoms with van der Waals surface area (Å²) in [5.74, 6) is 1.02. The maximum absolute atomic E-state index is 2.33. The summed E-state index contributed by atoms with van der Waals surface area (Å²) in [4.78, 5) is 0. The number of unbranched alkanes of at least 4 members (excludes halogenated alkanes) is 1. The molecule has 2 heterocycles. The van der Waals surface area contributed by atoms with Crippen molar-refractivity contribution in [2.75, 3.05) is 0 Å². The number of pyridine rings is 2. The van der Waals surface area contributed by atoms with E-state index < -0.39 is 0 Å². The van der Waals surface area contributed by atoms with Gasteiger partial charge in [-0.25, -0.2) is 4.57 Å². The zero-order chi connectivity index (χ0) is 19.2. The number of aromatic nitrogens is 2. The minimum absolute atomic E-state index is 1.02. The van der Waals surface area contributed by atoms with E-state index in [1.54, 1.807) is 0 Å². The smallest absolute Gasteiger partial charge is 0.205 e. The molecule has 1 aliphatic carbocycles. The van der Waals surface area contributed by atoms with Crippen LogP contribution in [0.25, 0.3) is 16.8 Å². The topological polar surface area (TPSA) is 7.76 Å². The summed E-state index contributed by atoms with van der Waals surface area (Å²) in [6, 6.07) is 17.5. The Balaban J connectivity index is 1.32. The zero-order valence-corrected chi connectivity index (χ0v) is 17.1. The minimum atomic E-state index is 1.02. The summed E-state index contributed by atoms with van der Waals surface area (Å²) in [5, 5.41) is 0. The van der Waals surface area contributed by atoms with Crippen LogP contribution in [-0.2, 0) is 6.54 Å². The second-order valence-corrected chi connectivity index (χ2v) is 8.30. The predicted molar refractivity (Wildman–Crippen MR) is 114 cm³/mol. The maximum atomic E-state index is 2.33. The van der Waals surface area contributed by atoms with E-state index in [0.717, 1.165) is 12.5 Å². The first-order chi connectivity index (χ1) is 13.8. The third kappa shape index (κ3) is 4.86. The first-order valence-electron chi connectivity index (χ1n) is 10.9. The van der Waals surface area contributed by atoms with Crippen molar-refractivity contribution in [2.24, 2.45) is 5.92 Å². The fourth-order valence-corrected chi connectivity index (χ4v) is 4.33. The van der Waals surface area contributed by atoms with Gasteiger partial charge in [0.25, 0.3) is 0 Å². The lowest BCUT2D eigenvalue weighted by Gasteiger charge is -2.07. The van der Waals surface area contributed by atoms with Crippen LogP contribution in [-0.4, -0.2) is 0 Å². The van der Waals surface area contributed by atoms with Gasteiger partial charge in [0.15, 0.2) is 24.8 Å². The summed E-state index contributed by atoms with van der Waals surface area (Å²) in [6.45, 7) is 3.25. The molecule has 0 N–H and O–H groups in total. The van der Waals surface area contributed by atoms with E-state index in [1.807, 2.05) is 0 Å². The zero-order valence-electron chi connectivity index (χ0n) is 17.1. The van der Waals surface area contributed by atoms with Gasteiger partial charge in [-0.2, -0.15) is 4.57 Å². The molecule has 2 heteroatoms. The Kier molecular flexibility index (Phi) is 6.16. The Morgan fingerprint density at radius 2 is 1.36 bits per heavy atom. The molecule has 0 aliphatic heterocycles. The molecule has 2 aromatic heterocycles. The van der Waals surface area contributed by atoms with E-state index in [4.69, 9.17) is 0 Å². The lowest BCUT2D eigenvalue weighted by Crippen LogP contribution is -2.32. The monoisotopic (exact) mass is 372 g/mol. The Bertz CT molecular complexity index is 858. The van der Waals surface area contributed by atoms with Crippen molar-refractivity contribution in [3.05, 3.63) is 78.9 Å². The van der Waals surface area contributed by atoms with Crippen molar-refractivity contribution in [2.45, 2.75) is 58.4 Å². The van der Waals surface area contributed by atoms with E-state index in [2.05, 4.69) is 89.4 Å². The Labute approximate surface area is 169 Å². The second-order valence-electron chi connectivity index (χ2n) is 8.30. The third-order valence-electron chi connectivity index (χ3n) is 6.14. The molecule has 3 aromatic rings. The molecule has 0 bridgehead atoms. The summed E-state index contributed by atoms with van der Waals surface area (Å²) in [6.07, 6.45) is 18.7. The van der Waals surface area contributed by atoms with Crippen LogP contribution in [0.2, 0.25) is 0 Å². The molecular formula is C26H32N2+2. The van der Waals surface area contributed by atoms with Crippen LogP contribution in [0, 0.1) is 12.8 Å². The Hall–Kier alpha value is -2.48. The van der Waals surface area contributed by atoms with Crippen LogP contribution in [0.1, 0.15) is 50.5 Å². The van der Waals surface area contributed by atoms with Crippen LogP contribution >= 0.6 is 0 Å². The van der Waals surface area contributed by atoms with Crippen molar-refractivity contribution in [3.8, 4) is 16.8 Å². The van der Waals surface area contributed by atoms with E-state index >= 15 is 0 Å². The average Bonchev–Trinajstić information content (AvgIpc) is 3.26. The molecule has 1 aliphatic rings. The quantitative estimate of drug-likeness (QED) is 0.377. The molecule has 4 rings (SSSR count). The largest absolute Gasteiger partial charge is 0.210 e. The van der Waals surface area contributed by atoms with E-state index in [-0.39, 0.29) is 0 Å². The number of aryl methyl sites for hydroxylation is 2. The molecule has 1 saturated carbocycles. The Morgan fingerprint density at radius 3 is 2.00 bits per heavy atom. The Morgan fingerprint density at radius 1 is 0.750 bits per heavy atom.